The number of nitrogens with one attached hydrogen (secondary N) is 2. The van der Waals surface area contributed by atoms with Crippen molar-refractivity contribution in [2.24, 2.45) is 0 Å². The van der Waals surface area contributed by atoms with Gasteiger partial charge in [0.15, 0.2) is 0 Å². The van der Waals surface area contributed by atoms with Crippen molar-refractivity contribution >= 4 is 29.2 Å². The minimum atomic E-state index is -0.370. The Morgan fingerprint density at radius 1 is 1.11 bits per heavy atom. The van der Waals surface area contributed by atoms with Crippen molar-refractivity contribution < 1.29 is 18.3 Å². The van der Waals surface area contributed by atoms with Gasteiger partial charge >= 0.3 is 6.03 Å². The molecule has 2 aromatic carbocycles. The van der Waals surface area contributed by atoms with Crippen molar-refractivity contribution in [3.8, 4) is 0 Å². The highest BCUT2D eigenvalue weighted by molar-refractivity contribution is 7.99. The van der Waals surface area contributed by atoms with Crippen LogP contribution in [0.1, 0.15) is 6.42 Å². The maximum absolute atomic E-state index is 14.3. The molecule has 0 bridgehead atoms. The number of thioether (sulfide) groups is 1. The minimum Gasteiger partial charge on any atom is -0.378 e. The Kier molecular flexibility index (Phi) is 7.50. The first-order chi connectivity index (χ1) is 13.6. The smallest absolute Gasteiger partial charge is 0.319 e. The second-order valence-electron chi connectivity index (χ2n) is 6.30. The summed E-state index contributed by atoms with van der Waals surface area (Å²) in [7, 11) is 0. The van der Waals surface area contributed by atoms with Crippen LogP contribution >= 0.6 is 11.8 Å². The summed E-state index contributed by atoms with van der Waals surface area (Å²) in [6, 6.07) is 10.6. The summed E-state index contributed by atoms with van der Waals surface area (Å²) in [5.74, 6) is 0.182. The first kappa shape index (κ1) is 20.4. The number of halogens is 2. The lowest BCUT2D eigenvalue weighted by molar-refractivity contribution is 0.122. The number of urea groups is 1. The third kappa shape index (κ3) is 6.10. The van der Waals surface area contributed by atoms with Crippen molar-refractivity contribution in [1.82, 2.24) is 5.32 Å². The quantitative estimate of drug-likeness (QED) is 0.536. The number of ether oxygens (including phenoxy) is 1. The predicted octanol–water partition coefficient (Wildman–Crippen LogP) is 4.11. The molecule has 0 aliphatic carbocycles. The van der Waals surface area contributed by atoms with E-state index in [0.717, 1.165) is 17.1 Å². The van der Waals surface area contributed by atoms with Crippen LogP contribution in [0.25, 0.3) is 0 Å². The number of nitrogens with zero attached hydrogens (tertiary/aromatic N) is 1. The zero-order valence-corrected chi connectivity index (χ0v) is 16.2. The van der Waals surface area contributed by atoms with Gasteiger partial charge in [0.2, 0.25) is 0 Å². The molecule has 1 aliphatic rings. The fourth-order valence-corrected chi connectivity index (χ4v) is 3.67. The van der Waals surface area contributed by atoms with E-state index in [-0.39, 0.29) is 17.7 Å². The average Bonchev–Trinajstić information content (AvgIpc) is 2.70. The molecular formula is C20H23F2N3O2S. The van der Waals surface area contributed by atoms with Gasteiger partial charge in [0.1, 0.15) is 11.6 Å². The van der Waals surface area contributed by atoms with Crippen molar-refractivity contribution in [1.29, 1.82) is 0 Å². The normalized spacial score (nSPS) is 14.0. The van der Waals surface area contributed by atoms with Crippen LogP contribution in [-0.4, -0.2) is 44.6 Å². The van der Waals surface area contributed by atoms with Crippen molar-refractivity contribution in [2.45, 2.75) is 11.3 Å². The molecule has 1 heterocycles. The predicted molar refractivity (Wildman–Crippen MR) is 108 cm³/mol. The molecule has 2 amide bonds. The number of anilines is 2. The molecule has 0 aromatic heterocycles. The molecule has 2 aromatic rings. The molecule has 1 fully saturated rings. The van der Waals surface area contributed by atoms with E-state index < -0.39 is 0 Å². The van der Waals surface area contributed by atoms with Crippen LogP contribution in [0.3, 0.4) is 0 Å². The summed E-state index contributed by atoms with van der Waals surface area (Å²) < 4.78 is 32.5. The van der Waals surface area contributed by atoms with Crippen LogP contribution in [0.4, 0.5) is 25.0 Å². The van der Waals surface area contributed by atoms with Gasteiger partial charge in [-0.1, -0.05) is 0 Å². The molecule has 0 atom stereocenters. The number of rotatable bonds is 7. The third-order valence-corrected chi connectivity index (χ3v) is 5.34. The highest BCUT2D eigenvalue weighted by Gasteiger charge is 2.15. The van der Waals surface area contributed by atoms with E-state index >= 15 is 0 Å². The van der Waals surface area contributed by atoms with E-state index in [0.29, 0.717) is 44.2 Å². The van der Waals surface area contributed by atoms with Gasteiger partial charge in [-0.3, -0.25) is 0 Å². The van der Waals surface area contributed by atoms with Crippen molar-refractivity contribution in [3.63, 3.8) is 0 Å². The Morgan fingerprint density at radius 2 is 1.86 bits per heavy atom. The van der Waals surface area contributed by atoms with Gasteiger partial charge < -0.3 is 20.3 Å². The Balaban J connectivity index is 1.38. The summed E-state index contributed by atoms with van der Waals surface area (Å²) in [5, 5.41) is 5.40. The molecule has 0 spiro atoms. The first-order valence-corrected chi connectivity index (χ1v) is 10.2. The van der Waals surface area contributed by atoms with Crippen molar-refractivity contribution in [3.05, 3.63) is 54.1 Å². The summed E-state index contributed by atoms with van der Waals surface area (Å²) in [4.78, 5) is 14.9. The maximum Gasteiger partial charge on any atom is 0.319 e. The lowest BCUT2D eigenvalue weighted by atomic mass is 10.2. The molecule has 2 N–H and O–H groups in total. The summed E-state index contributed by atoms with van der Waals surface area (Å²) in [6.07, 6.45) is 0.764. The second-order valence-corrected chi connectivity index (χ2v) is 7.47. The Morgan fingerprint density at radius 3 is 2.57 bits per heavy atom. The molecule has 3 rings (SSSR count). The van der Waals surface area contributed by atoms with Crippen LogP contribution in [0.5, 0.6) is 0 Å². The van der Waals surface area contributed by atoms with E-state index in [9.17, 15) is 13.6 Å². The molecule has 1 aliphatic heterocycles. The van der Waals surface area contributed by atoms with Gasteiger partial charge in [-0.25, -0.2) is 13.6 Å². The molecular weight excluding hydrogens is 384 g/mol. The van der Waals surface area contributed by atoms with Crippen LogP contribution in [0, 0.1) is 11.6 Å². The van der Waals surface area contributed by atoms with E-state index in [1.807, 2.05) is 4.90 Å². The Bertz CT molecular complexity index is 784. The number of hydrogen-bond acceptors (Lipinski definition) is 4. The average molecular weight is 407 g/mol. The van der Waals surface area contributed by atoms with Gasteiger partial charge in [-0.05, 0) is 54.6 Å². The van der Waals surface area contributed by atoms with Crippen LogP contribution in [0.2, 0.25) is 0 Å². The molecule has 0 radical (unpaired) electrons. The lowest BCUT2D eigenvalue weighted by Gasteiger charge is -2.29. The van der Waals surface area contributed by atoms with E-state index in [4.69, 9.17) is 4.74 Å². The molecule has 150 valence electrons. The third-order valence-electron chi connectivity index (χ3n) is 4.25. The number of carbonyl (C=O) groups excluding carboxylic acids is 1. The van der Waals surface area contributed by atoms with Crippen molar-refractivity contribution in [2.75, 3.05) is 48.8 Å². The number of hydrogen-bond donors (Lipinski definition) is 2. The summed E-state index contributed by atoms with van der Waals surface area (Å²) >= 11 is 1.60. The second kappa shape index (κ2) is 10.3. The highest BCUT2D eigenvalue weighted by atomic mass is 32.2. The molecule has 28 heavy (non-hydrogen) atoms. The zero-order chi connectivity index (χ0) is 19.8. The van der Waals surface area contributed by atoms with Crippen LogP contribution < -0.4 is 15.5 Å². The van der Waals surface area contributed by atoms with Gasteiger partial charge in [0, 0.05) is 30.2 Å². The summed E-state index contributed by atoms with van der Waals surface area (Å²) in [5.41, 5.74) is 0.930. The van der Waals surface area contributed by atoms with Gasteiger partial charge in [-0.2, -0.15) is 0 Å². The zero-order valence-electron chi connectivity index (χ0n) is 15.4. The number of amides is 2. The van der Waals surface area contributed by atoms with E-state index in [1.54, 1.807) is 36.0 Å². The largest absolute Gasteiger partial charge is 0.378 e. The molecule has 0 unspecified atom stereocenters. The molecule has 8 heteroatoms. The topological polar surface area (TPSA) is 53.6 Å². The van der Waals surface area contributed by atoms with Crippen LogP contribution in [0.15, 0.2) is 47.4 Å². The first-order valence-electron chi connectivity index (χ1n) is 9.17. The summed E-state index contributed by atoms with van der Waals surface area (Å²) in [6.45, 7) is 2.97. The number of benzene rings is 2. The fraction of sp³-hybridized carbons (Fsp3) is 0.350. The standard InChI is InChI=1S/C20H23F2N3O2S/c21-15-2-5-17(6-3-15)28-13-1-8-23-20(26)24-16-4-7-19(18(22)14-16)25-9-11-27-12-10-25/h2-7,14H,1,8-13H2,(H2,23,24,26). The molecule has 0 saturated carbocycles. The Hall–Kier alpha value is -2.32. The highest BCUT2D eigenvalue weighted by Crippen LogP contribution is 2.23. The fourth-order valence-electron chi connectivity index (χ4n) is 2.82. The lowest BCUT2D eigenvalue weighted by Crippen LogP contribution is -2.36. The van der Waals surface area contributed by atoms with Gasteiger partial charge in [-0.15, -0.1) is 11.8 Å². The van der Waals surface area contributed by atoms with Crippen LogP contribution in [-0.2, 0) is 4.74 Å². The minimum absolute atomic E-state index is 0.253. The monoisotopic (exact) mass is 407 g/mol. The number of carbonyl (C=O) groups is 1. The van der Waals surface area contributed by atoms with Gasteiger partial charge in [0.05, 0.1) is 18.9 Å². The molecule has 5 nitrogen and oxygen atoms in total. The van der Waals surface area contributed by atoms with Gasteiger partial charge in [0.25, 0.3) is 0 Å². The number of morpholine rings is 1. The Labute approximate surface area is 167 Å². The maximum atomic E-state index is 14.3. The molecule has 1 saturated heterocycles. The SMILES string of the molecule is O=C(NCCCSc1ccc(F)cc1)Nc1ccc(N2CCOCC2)c(F)c1. The van der Waals surface area contributed by atoms with E-state index in [2.05, 4.69) is 10.6 Å². The van der Waals surface area contributed by atoms with E-state index in [1.165, 1.54) is 18.2 Å².